The third kappa shape index (κ3) is 6.10. The van der Waals surface area contributed by atoms with Gasteiger partial charge in [0, 0.05) is 11.4 Å². The molecule has 2 heteroatoms. The summed E-state index contributed by atoms with van der Waals surface area (Å²) in [5, 5.41) is 3.87. The lowest BCUT2D eigenvalue weighted by Crippen LogP contribution is -2.33. The average molecular weight is 314 g/mol. The molecule has 0 aromatic carbocycles. The third-order valence-corrected chi connectivity index (χ3v) is 6.25. The summed E-state index contributed by atoms with van der Waals surface area (Å²) in [6.07, 6.45) is 17.2. The first kappa shape index (κ1) is 17.6. The van der Waals surface area contributed by atoms with E-state index in [-0.39, 0.29) is 0 Å². The van der Waals surface area contributed by atoms with Crippen molar-refractivity contribution in [2.24, 2.45) is 17.8 Å². The number of nitrogens with one attached hydrogen (secondary N) is 1. The van der Waals surface area contributed by atoms with Gasteiger partial charge in [-0.05, 0) is 70.3 Å². The van der Waals surface area contributed by atoms with Gasteiger partial charge in [-0.2, -0.15) is 0 Å². The zero-order valence-corrected chi connectivity index (χ0v) is 15.0. The molecule has 0 saturated heterocycles. The van der Waals surface area contributed by atoms with Gasteiger partial charge in [-0.3, -0.25) is 0 Å². The van der Waals surface area contributed by atoms with Crippen molar-refractivity contribution in [3.05, 3.63) is 0 Å². The molecule has 2 rings (SSSR count). The number of fused-ring (bicyclic) bond motifs is 1. The number of hydrogen-bond acceptors (Lipinski definition) is 1. The molecule has 1 N–H and O–H groups in total. The lowest BCUT2D eigenvalue weighted by molar-refractivity contribution is 0.233. The summed E-state index contributed by atoms with van der Waals surface area (Å²) in [5.74, 6) is 3.18. The Kier molecular flexibility index (Phi) is 7.88. The maximum absolute atomic E-state index is 5.98. The van der Waals surface area contributed by atoms with Crippen LogP contribution >= 0.6 is 11.6 Å². The molecule has 0 bridgehead atoms. The van der Waals surface area contributed by atoms with E-state index in [1.54, 1.807) is 6.42 Å². The minimum atomic E-state index is 0.369. The lowest BCUT2D eigenvalue weighted by atomic mass is 9.79. The van der Waals surface area contributed by atoms with Crippen molar-refractivity contribution < 1.29 is 0 Å². The Morgan fingerprint density at radius 1 is 0.952 bits per heavy atom. The molecule has 0 radical (unpaired) electrons. The van der Waals surface area contributed by atoms with Gasteiger partial charge in [-0.15, -0.1) is 11.6 Å². The molecule has 2 aliphatic carbocycles. The fourth-order valence-corrected chi connectivity index (χ4v) is 4.92. The summed E-state index contributed by atoms with van der Waals surface area (Å²) in [5.41, 5.74) is 0. The number of alkyl halides is 1. The smallest absolute Gasteiger partial charge is 0.0307 e. The molecule has 2 saturated carbocycles. The normalized spacial score (nSPS) is 33.9. The molecule has 21 heavy (non-hydrogen) atoms. The largest absolute Gasteiger partial charge is 0.317 e. The van der Waals surface area contributed by atoms with Gasteiger partial charge in [0.2, 0.25) is 0 Å². The second-order valence-electron chi connectivity index (χ2n) is 7.78. The molecule has 5 atom stereocenters. The second kappa shape index (κ2) is 9.40. The van der Waals surface area contributed by atoms with Crippen LogP contribution in [0, 0.1) is 17.8 Å². The van der Waals surface area contributed by atoms with Crippen molar-refractivity contribution in [3.63, 3.8) is 0 Å². The zero-order valence-electron chi connectivity index (χ0n) is 14.2. The Morgan fingerprint density at radius 3 is 2.43 bits per heavy atom. The van der Waals surface area contributed by atoms with Crippen LogP contribution in [-0.2, 0) is 0 Å². The highest BCUT2D eigenvalue weighted by Crippen LogP contribution is 2.46. The topological polar surface area (TPSA) is 12.0 Å². The van der Waals surface area contributed by atoms with Crippen LogP contribution in [0.3, 0.4) is 0 Å². The maximum atomic E-state index is 5.98. The van der Waals surface area contributed by atoms with E-state index in [2.05, 4.69) is 19.3 Å². The van der Waals surface area contributed by atoms with E-state index >= 15 is 0 Å². The highest BCUT2D eigenvalue weighted by atomic mass is 35.5. The van der Waals surface area contributed by atoms with Crippen molar-refractivity contribution in [3.8, 4) is 0 Å². The van der Waals surface area contributed by atoms with Crippen LogP contribution in [0.15, 0.2) is 0 Å². The van der Waals surface area contributed by atoms with Crippen LogP contribution in [-0.4, -0.2) is 18.5 Å². The highest BCUT2D eigenvalue weighted by molar-refractivity contribution is 6.20. The Bertz CT molecular complexity index is 279. The predicted molar refractivity (Wildman–Crippen MR) is 94.0 cm³/mol. The van der Waals surface area contributed by atoms with E-state index in [1.165, 1.54) is 70.6 Å². The van der Waals surface area contributed by atoms with Gasteiger partial charge in [0.15, 0.2) is 0 Å². The van der Waals surface area contributed by atoms with Gasteiger partial charge < -0.3 is 5.32 Å². The number of hydrogen-bond donors (Lipinski definition) is 1. The minimum Gasteiger partial charge on any atom is -0.317 e. The molecule has 0 aliphatic heterocycles. The summed E-state index contributed by atoms with van der Waals surface area (Å²) in [6.45, 7) is 2.11. The van der Waals surface area contributed by atoms with Crippen LogP contribution in [0.2, 0.25) is 0 Å². The van der Waals surface area contributed by atoms with Crippen molar-refractivity contribution >= 4 is 11.6 Å². The molecule has 0 spiro atoms. The number of unbranched alkanes of at least 4 members (excludes halogenated alkanes) is 4. The Labute approximate surface area is 137 Å². The molecular formula is C19H36ClN. The van der Waals surface area contributed by atoms with Gasteiger partial charge >= 0.3 is 0 Å². The molecule has 2 fully saturated rings. The molecular weight excluding hydrogens is 278 g/mol. The lowest BCUT2D eigenvalue weighted by Gasteiger charge is -2.31. The van der Waals surface area contributed by atoms with E-state index in [0.717, 1.165) is 23.8 Å². The average Bonchev–Trinajstić information content (AvgIpc) is 2.87. The fourth-order valence-electron chi connectivity index (χ4n) is 4.77. The molecule has 1 nitrogen and oxygen atoms in total. The van der Waals surface area contributed by atoms with E-state index in [4.69, 9.17) is 11.6 Å². The third-order valence-electron chi connectivity index (χ3n) is 6.03. The van der Waals surface area contributed by atoms with Gasteiger partial charge in [0.05, 0.1) is 0 Å². The molecule has 0 aromatic rings. The first-order valence-corrected chi connectivity index (χ1v) is 9.94. The monoisotopic (exact) mass is 313 g/mol. The van der Waals surface area contributed by atoms with Crippen LogP contribution in [0.1, 0.15) is 84.0 Å². The van der Waals surface area contributed by atoms with Crippen molar-refractivity contribution in [2.75, 3.05) is 7.05 Å². The molecule has 0 heterocycles. The molecule has 5 unspecified atom stereocenters. The van der Waals surface area contributed by atoms with Crippen LogP contribution in [0.4, 0.5) is 0 Å². The first-order chi connectivity index (χ1) is 10.2. The summed E-state index contributed by atoms with van der Waals surface area (Å²) in [6, 6.07) is 0.814. The Hall–Kier alpha value is 0.250. The standard InChI is InChI=1S/C19H36ClN/c1-15(20)8-6-4-3-5-7-9-16-12-17-10-11-19(21-2)14-18(17)13-16/h15-19,21H,3-14H2,1-2H3. The van der Waals surface area contributed by atoms with Gasteiger partial charge in [-0.25, -0.2) is 0 Å². The van der Waals surface area contributed by atoms with Gasteiger partial charge in [0.25, 0.3) is 0 Å². The van der Waals surface area contributed by atoms with Crippen molar-refractivity contribution in [1.82, 2.24) is 5.32 Å². The van der Waals surface area contributed by atoms with E-state index in [0.29, 0.717) is 5.38 Å². The van der Waals surface area contributed by atoms with Gasteiger partial charge in [0.1, 0.15) is 0 Å². The van der Waals surface area contributed by atoms with Crippen molar-refractivity contribution in [1.29, 1.82) is 0 Å². The number of halogens is 1. The predicted octanol–water partition coefficient (Wildman–Crippen LogP) is 5.76. The SMILES string of the molecule is CNC1CCC2CC(CCCCCCCC(C)Cl)CC2C1. The molecule has 0 amide bonds. The van der Waals surface area contributed by atoms with E-state index in [1.807, 2.05) is 0 Å². The summed E-state index contributed by atoms with van der Waals surface area (Å²) in [7, 11) is 2.14. The maximum Gasteiger partial charge on any atom is 0.0307 e. The Morgan fingerprint density at radius 2 is 1.67 bits per heavy atom. The quantitative estimate of drug-likeness (QED) is 0.421. The summed E-state index contributed by atoms with van der Waals surface area (Å²) in [4.78, 5) is 0. The molecule has 124 valence electrons. The molecule has 0 aromatic heterocycles. The van der Waals surface area contributed by atoms with Crippen LogP contribution in [0.25, 0.3) is 0 Å². The first-order valence-electron chi connectivity index (χ1n) is 9.50. The van der Waals surface area contributed by atoms with E-state index in [9.17, 15) is 0 Å². The molecule has 2 aliphatic rings. The van der Waals surface area contributed by atoms with Gasteiger partial charge in [-0.1, -0.05) is 38.5 Å². The Balaban J connectivity index is 1.51. The van der Waals surface area contributed by atoms with Crippen LogP contribution in [0.5, 0.6) is 0 Å². The minimum absolute atomic E-state index is 0.369. The number of rotatable bonds is 9. The summed E-state index contributed by atoms with van der Waals surface area (Å²) >= 11 is 5.98. The van der Waals surface area contributed by atoms with Crippen molar-refractivity contribution in [2.45, 2.75) is 95.4 Å². The highest BCUT2D eigenvalue weighted by Gasteiger charge is 2.37. The second-order valence-corrected chi connectivity index (χ2v) is 8.53. The zero-order chi connectivity index (χ0) is 15.1. The fraction of sp³-hybridized carbons (Fsp3) is 1.00. The summed E-state index contributed by atoms with van der Waals surface area (Å²) < 4.78 is 0. The van der Waals surface area contributed by atoms with E-state index < -0.39 is 0 Å². The van der Waals surface area contributed by atoms with Crippen LogP contribution < -0.4 is 5.32 Å².